The fraction of sp³-hybridized carbons (Fsp3) is 0.500. The summed E-state index contributed by atoms with van der Waals surface area (Å²) in [5.74, 6) is 0. The van der Waals surface area contributed by atoms with Gasteiger partial charge in [-0.1, -0.05) is 30.3 Å². The first-order chi connectivity index (χ1) is 8.22. The second kappa shape index (κ2) is 5.57. The lowest BCUT2D eigenvalue weighted by Crippen LogP contribution is -2.34. The standard InChI is InChI=1S/C12H16O5/c13-6-9-10(14)11(15)12(17-9)16-7-8-4-2-1-3-5-8/h1-5,9-15H,6-7H2/t9-,10+,11+,12?/m1/s1. The quantitative estimate of drug-likeness (QED) is 0.670. The summed E-state index contributed by atoms with van der Waals surface area (Å²) in [7, 11) is 0. The number of aliphatic hydroxyl groups excluding tert-OH is 3. The van der Waals surface area contributed by atoms with Gasteiger partial charge in [-0.3, -0.25) is 0 Å². The summed E-state index contributed by atoms with van der Waals surface area (Å²) in [6, 6.07) is 9.45. The largest absolute Gasteiger partial charge is 0.394 e. The molecule has 1 aromatic rings. The maximum absolute atomic E-state index is 9.63. The van der Waals surface area contributed by atoms with E-state index in [1.54, 1.807) is 0 Å². The zero-order valence-electron chi connectivity index (χ0n) is 9.27. The molecule has 0 saturated carbocycles. The van der Waals surface area contributed by atoms with E-state index >= 15 is 0 Å². The van der Waals surface area contributed by atoms with E-state index in [1.165, 1.54) is 0 Å². The van der Waals surface area contributed by atoms with Crippen LogP contribution >= 0.6 is 0 Å². The number of ether oxygens (including phenoxy) is 2. The van der Waals surface area contributed by atoms with Crippen LogP contribution in [0.4, 0.5) is 0 Å². The van der Waals surface area contributed by atoms with E-state index in [9.17, 15) is 10.2 Å². The van der Waals surface area contributed by atoms with E-state index < -0.39 is 24.6 Å². The van der Waals surface area contributed by atoms with Crippen LogP contribution in [-0.4, -0.2) is 46.5 Å². The Morgan fingerprint density at radius 3 is 2.41 bits per heavy atom. The molecule has 1 fully saturated rings. The molecule has 4 atom stereocenters. The van der Waals surface area contributed by atoms with Gasteiger partial charge in [-0.15, -0.1) is 0 Å². The third-order valence-electron chi connectivity index (χ3n) is 2.76. The Hall–Kier alpha value is -0.980. The van der Waals surface area contributed by atoms with E-state index in [0.29, 0.717) is 0 Å². The number of rotatable bonds is 4. The topological polar surface area (TPSA) is 79.2 Å². The fourth-order valence-electron chi connectivity index (χ4n) is 1.76. The molecule has 0 amide bonds. The van der Waals surface area contributed by atoms with E-state index in [0.717, 1.165) is 5.56 Å². The average molecular weight is 240 g/mol. The van der Waals surface area contributed by atoms with Gasteiger partial charge < -0.3 is 24.8 Å². The highest BCUT2D eigenvalue weighted by molar-refractivity contribution is 5.13. The summed E-state index contributed by atoms with van der Waals surface area (Å²) in [6.45, 7) is -0.0587. The van der Waals surface area contributed by atoms with E-state index in [1.807, 2.05) is 30.3 Å². The van der Waals surface area contributed by atoms with Gasteiger partial charge in [-0.2, -0.15) is 0 Å². The molecule has 5 heteroatoms. The highest BCUT2D eigenvalue weighted by atomic mass is 16.7. The number of hydrogen-bond acceptors (Lipinski definition) is 5. The molecule has 1 unspecified atom stereocenters. The predicted molar refractivity (Wildman–Crippen MR) is 59.0 cm³/mol. The molecule has 1 heterocycles. The van der Waals surface area contributed by atoms with Crippen LogP contribution in [0.5, 0.6) is 0 Å². The molecule has 0 spiro atoms. The second-order valence-electron chi connectivity index (χ2n) is 4.00. The van der Waals surface area contributed by atoms with Crippen molar-refractivity contribution in [3.63, 3.8) is 0 Å². The van der Waals surface area contributed by atoms with E-state index in [2.05, 4.69) is 0 Å². The molecule has 2 rings (SSSR count). The van der Waals surface area contributed by atoms with Crippen LogP contribution < -0.4 is 0 Å². The van der Waals surface area contributed by atoms with Gasteiger partial charge in [0.15, 0.2) is 6.29 Å². The van der Waals surface area contributed by atoms with Crippen LogP contribution in [-0.2, 0) is 16.1 Å². The van der Waals surface area contributed by atoms with Crippen molar-refractivity contribution in [3.05, 3.63) is 35.9 Å². The summed E-state index contributed by atoms with van der Waals surface area (Å²) in [5, 5.41) is 28.0. The molecule has 17 heavy (non-hydrogen) atoms. The predicted octanol–water partition coefficient (Wildman–Crippen LogP) is -0.358. The van der Waals surface area contributed by atoms with E-state index in [4.69, 9.17) is 14.6 Å². The minimum Gasteiger partial charge on any atom is -0.394 e. The van der Waals surface area contributed by atoms with Crippen molar-refractivity contribution < 1.29 is 24.8 Å². The maximum Gasteiger partial charge on any atom is 0.187 e. The Balaban J connectivity index is 1.88. The third-order valence-corrected chi connectivity index (χ3v) is 2.76. The number of benzene rings is 1. The van der Waals surface area contributed by atoms with Crippen molar-refractivity contribution in [1.29, 1.82) is 0 Å². The summed E-state index contributed by atoms with van der Waals surface area (Å²) in [4.78, 5) is 0. The molecule has 0 radical (unpaired) electrons. The van der Waals surface area contributed by atoms with Gasteiger partial charge in [-0.05, 0) is 5.56 Å². The fourth-order valence-corrected chi connectivity index (χ4v) is 1.76. The highest BCUT2D eigenvalue weighted by Gasteiger charge is 2.42. The minimum atomic E-state index is -1.13. The second-order valence-corrected chi connectivity index (χ2v) is 4.00. The molecule has 3 N–H and O–H groups in total. The van der Waals surface area contributed by atoms with Crippen LogP contribution in [0.15, 0.2) is 30.3 Å². The maximum atomic E-state index is 9.63. The van der Waals surface area contributed by atoms with Gasteiger partial charge in [0.25, 0.3) is 0 Å². The lowest BCUT2D eigenvalue weighted by atomic mass is 10.1. The van der Waals surface area contributed by atoms with Gasteiger partial charge in [0.1, 0.15) is 18.3 Å². The van der Waals surface area contributed by atoms with Crippen molar-refractivity contribution in [2.75, 3.05) is 6.61 Å². The normalized spacial score (nSPS) is 32.9. The number of hydrogen-bond donors (Lipinski definition) is 3. The lowest BCUT2D eigenvalue weighted by Gasteiger charge is -2.15. The zero-order chi connectivity index (χ0) is 12.3. The van der Waals surface area contributed by atoms with Crippen molar-refractivity contribution >= 4 is 0 Å². The van der Waals surface area contributed by atoms with Crippen LogP contribution in [0.3, 0.4) is 0 Å². The summed E-state index contributed by atoms with van der Waals surface area (Å²) < 4.78 is 10.5. The summed E-state index contributed by atoms with van der Waals surface area (Å²) in [6.07, 6.45) is -3.93. The van der Waals surface area contributed by atoms with Gasteiger partial charge in [-0.25, -0.2) is 0 Å². The molecule has 0 aliphatic carbocycles. The van der Waals surface area contributed by atoms with Crippen molar-refractivity contribution in [2.45, 2.75) is 31.2 Å². The molecule has 1 aliphatic rings. The highest BCUT2D eigenvalue weighted by Crippen LogP contribution is 2.22. The van der Waals surface area contributed by atoms with Crippen LogP contribution in [0.2, 0.25) is 0 Å². The Morgan fingerprint density at radius 2 is 1.82 bits per heavy atom. The van der Waals surface area contributed by atoms with Gasteiger partial charge in [0.05, 0.1) is 13.2 Å². The van der Waals surface area contributed by atoms with Gasteiger partial charge >= 0.3 is 0 Å². The summed E-state index contributed by atoms with van der Waals surface area (Å²) >= 11 is 0. The number of aliphatic hydroxyl groups is 3. The molecular formula is C12H16O5. The third kappa shape index (κ3) is 2.83. The Morgan fingerprint density at radius 1 is 1.12 bits per heavy atom. The Bertz CT molecular complexity index is 342. The first-order valence-electron chi connectivity index (χ1n) is 5.50. The molecule has 1 aliphatic heterocycles. The molecule has 0 bridgehead atoms. The molecular weight excluding hydrogens is 224 g/mol. The first-order valence-corrected chi connectivity index (χ1v) is 5.50. The van der Waals surface area contributed by atoms with Gasteiger partial charge in [0.2, 0.25) is 0 Å². The molecule has 1 saturated heterocycles. The van der Waals surface area contributed by atoms with Crippen LogP contribution in [0, 0.1) is 0 Å². The summed E-state index contributed by atoms with van der Waals surface area (Å²) in [5.41, 5.74) is 0.949. The Labute approximate surface area is 99.2 Å². The minimum absolute atomic E-state index is 0.285. The average Bonchev–Trinajstić information content (AvgIpc) is 2.65. The van der Waals surface area contributed by atoms with Crippen LogP contribution in [0.25, 0.3) is 0 Å². The zero-order valence-corrected chi connectivity index (χ0v) is 9.27. The lowest BCUT2D eigenvalue weighted by molar-refractivity contribution is -0.175. The Kier molecular flexibility index (Phi) is 4.09. The molecule has 94 valence electrons. The smallest absolute Gasteiger partial charge is 0.187 e. The van der Waals surface area contributed by atoms with Gasteiger partial charge in [0, 0.05) is 0 Å². The van der Waals surface area contributed by atoms with Crippen LogP contribution in [0.1, 0.15) is 5.56 Å². The molecule has 0 aromatic heterocycles. The van der Waals surface area contributed by atoms with Crippen molar-refractivity contribution in [1.82, 2.24) is 0 Å². The molecule has 1 aromatic carbocycles. The SMILES string of the molecule is OC[C@H]1OC(OCc2ccccc2)[C@@H](O)[C@H]1O. The molecule has 5 nitrogen and oxygen atoms in total. The van der Waals surface area contributed by atoms with Crippen molar-refractivity contribution in [2.24, 2.45) is 0 Å². The van der Waals surface area contributed by atoms with Crippen molar-refractivity contribution in [3.8, 4) is 0 Å². The van der Waals surface area contributed by atoms with E-state index in [-0.39, 0.29) is 13.2 Å². The monoisotopic (exact) mass is 240 g/mol. The first kappa shape index (κ1) is 12.5.